The smallest absolute Gasteiger partial charge is 0.410 e. The minimum absolute atomic E-state index is 0.00820. The Balaban J connectivity index is 1.56. The zero-order valence-corrected chi connectivity index (χ0v) is 15.7. The van der Waals surface area contributed by atoms with Crippen LogP contribution < -0.4 is 0 Å². The van der Waals surface area contributed by atoms with Gasteiger partial charge in [0.05, 0.1) is 4.92 Å². The molecule has 0 aliphatic carbocycles. The average molecular weight is 379 g/mol. The third-order valence-corrected chi connectivity index (χ3v) is 5.00. The van der Waals surface area contributed by atoms with E-state index in [0.717, 1.165) is 12.2 Å². The Bertz CT molecular complexity index is 829. The summed E-state index contributed by atoms with van der Waals surface area (Å²) >= 11 is 1.46. The lowest BCUT2D eigenvalue weighted by Gasteiger charge is -2.24. The predicted octanol–water partition coefficient (Wildman–Crippen LogP) is 4.09. The summed E-state index contributed by atoms with van der Waals surface area (Å²) < 4.78 is 11.0. The highest BCUT2D eigenvalue weighted by atomic mass is 32.2. The molecule has 1 fully saturated rings. The summed E-state index contributed by atoms with van der Waals surface area (Å²) in [7, 11) is 0. The minimum Gasteiger partial charge on any atom is -0.444 e. The molecule has 1 atom stereocenters. The van der Waals surface area contributed by atoms with Crippen molar-refractivity contribution in [3.63, 3.8) is 0 Å². The first-order chi connectivity index (χ1) is 12.2. The Morgan fingerprint density at radius 3 is 2.96 bits per heavy atom. The van der Waals surface area contributed by atoms with Crippen LogP contribution >= 0.6 is 11.8 Å². The van der Waals surface area contributed by atoms with E-state index in [9.17, 15) is 14.9 Å². The van der Waals surface area contributed by atoms with Crippen LogP contribution in [0.1, 0.15) is 27.2 Å². The van der Waals surface area contributed by atoms with Gasteiger partial charge < -0.3 is 14.1 Å². The number of amides is 1. The fourth-order valence-electron chi connectivity index (χ4n) is 2.72. The molecule has 26 heavy (non-hydrogen) atoms. The summed E-state index contributed by atoms with van der Waals surface area (Å²) in [6.45, 7) is 6.89. The van der Waals surface area contributed by atoms with Crippen LogP contribution in [0.3, 0.4) is 0 Å². The third-order valence-electron chi connectivity index (χ3n) is 3.94. The van der Waals surface area contributed by atoms with Gasteiger partial charge in [-0.3, -0.25) is 10.1 Å². The SMILES string of the molecule is CC(C)(C)OC(=O)N1CC[C@@H](CSc2nc3cc([N+](=O)[O-])ccc3o2)C1. The molecule has 0 N–H and O–H groups in total. The Morgan fingerprint density at radius 2 is 2.27 bits per heavy atom. The Kier molecular flexibility index (Phi) is 5.08. The molecule has 0 spiro atoms. The van der Waals surface area contributed by atoms with Gasteiger partial charge in [0.1, 0.15) is 11.1 Å². The lowest BCUT2D eigenvalue weighted by atomic mass is 10.2. The number of carbonyl (C=O) groups is 1. The maximum absolute atomic E-state index is 12.1. The lowest BCUT2D eigenvalue weighted by molar-refractivity contribution is -0.384. The molecule has 1 aromatic heterocycles. The predicted molar refractivity (Wildman–Crippen MR) is 97.3 cm³/mol. The van der Waals surface area contributed by atoms with Gasteiger partial charge in [0.15, 0.2) is 5.58 Å². The number of carbonyl (C=O) groups excluding carboxylic acids is 1. The summed E-state index contributed by atoms with van der Waals surface area (Å²) in [6.07, 6.45) is 0.622. The number of nitro groups is 1. The van der Waals surface area contributed by atoms with E-state index >= 15 is 0 Å². The quantitative estimate of drug-likeness (QED) is 0.448. The number of rotatable bonds is 4. The van der Waals surface area contributed by atoms with E-state index in [0.29, 0.717) is 35.3 Å². The summed E-state index contributed by atoms with van der Waals surface area (Å²) in [4.78, 5) is 28.5. The normalized spacial score (nSPS) is 17.7. The zero-order chi connectivity index (χ0) is 18.9. The molecular weight excluding hydrogens is 358 g/mol. The molecular formula is C17H21N3O5S. The molecule has 140 valence electrons. The van der Waals surface area contributed by atoms with Crippen molar-refractivity contribution in [2.24, 2.45) is 5.92 Å². The van der Waals surface area contributed by atoms with Crippen molar-refractivity contribution in [2.45, 2.75) is 38.0 Å². The van der Waals surface area contributed by atoms with Crippen molar-refractivity contribution in [2.75, 3.05) is 18.8 Å². The number of likely N-dealkylation sites (tertiary alicyclic amines) is 1. The van der Waals surface area contributed by atoms with Crippen molar-refractivity contribution >= 4 is 34.6 Å². The molecule has 0 radical (unpaired) electrons. The molecule has 8 nitrogen and oxygen atoms in total. The first kappa shape index (κ1) is 18.5. The Morgan fingerprint density at radius 1 is 1.50 bits per heavy atom. The standard InChI is InChI=1S/C17H21N3O5S/c1-17(2,3)25-16(21)19-7-6-11(9-19)10-26-15-18-13-8-12(20(22)23)4-5-14(13)24-15/h4-5,8,11H,6-7,9-10H2,1-3H3/t11-/m1/s1. The van der Waals surface area contributed by atoms with Crippen molar-refractivity contribution in [1.29, 1.82) is 0 Å². The number of hydrogen-bond acceptors (Lipinski definition) is 7. The molecule has 1 aliphatic rings. The molecule has 1 aliphatic heterocycles. The van der Waals surface area contributed by atoms with Gasteiger partial charge in [0, 0.05) is 31.0 Å². The molecule has 2 heterocycles. The van der Waals surface area contributed by atoms with Crippen molar-refractivity contribution in [3.8, 4) is 0 Å². The number of nitrogens with zero attached hydrogens (tertiary/aromatic N) is 3. The second-order valence-electron chi connectivity index (χ2n) is 7.28. The first-order valence-corrected chi connectivity index (χ1v) is 9.35. The van der Waals surface area contributed by atoms with E-state index in [4.69, 9.17) is 9.15 Å². The summed E-state index contributed by atoms with van der Waals surface area (Å²) in [6, 6.07) is 4.37. The number of hydrogen-bond donors (Lipinski definition) is 0. The lowest BCUT2D eigenvalue weighted by Crippen LogP contribution is -2.35. The zero-order valence-electron chi connectivity index (χ0n) is 14.9. The van der Waals surface area contributed by atoms with Crippen LogP contribution in [0.2, 0.25) is 0 Å². The number of thioether (sulfide) groups is 1. The van der Waals surface area contributed by atoms with Gasteiger partial charge in [-0.2, -0.15) is 0 Å². The van der Waals surface area contributed by atoms with Gasteiger partial charge in [0.25, 0.3) is 10.9 Å². The van der Waals surface area contributed by atoms with E-state index in [1.807, 2.05) is 20.8 Å². The Hall–Kier alpha value is -2.29. The average Bonchev–Trinajstić information content (AvgIpc) is 3.17. The van der Waals surface area contributed by atoms with E-state index in [2.05, 4.69) is 4.98 Å². The number of fused-ring (bicyclic) bond motifs is 1. The first-order valence-electron chi connectivity index (χ1n) is 8.37. The van der Waals surface area contributed by atoms with Crippen molar-refractivity contribution in [3.05, 3.63) is 28.3 Å². The van der Waals surface area contributed by atoms with E-state index < -0.39 is 10.5 Å². The molecule has 1 aromatic carbocycles. The second kappa shape index (κ2) is 7.14. The molecule has 0 saturated carbocycles. The topological polar surface area (TPSA) is 98.7 Å². The van der Waals surface area contributed by atoms with Gasteiger partial charge in [0.2, 0.25) is 0 Å². The van der Waals surface area contributed by atoms with Gasteiger partial charge in [-0.25, -0.2) is 9.78 Å². The minimum atomic E-state index is -0.495. The highest BCUT2D eigenvalue weighted by Crippen LogP contribution is 2.30. The van der Waals surface area contributed by atoms with Gasteiger partial charge in [-0.15, -0.1) is 0 Å². The van der Waals surface area contributed by atoms with Crippen LogP contribution in [0.25, 0.3) is 11.1 Å². The third kappa shape index (κ3) is 4.46. The van der Waals surface area contributed by atoms with E-state index in [1.165, 1.54) is 23.9 Å². The molecule has 1 saturated heterocycles. The number of non-ortho nitro benzene ring substituents is 1. The summed E-state index contributed by atoms with van der Waals surface area (Å²) in [5.74, 6) is 1.09. The Labute approximate surface area is 155 Å². The van der Waals surface area contributed by atoms with Gasteiger partial charge in [-0.05, 0) is 39.2 Å². The molecule has 9 heteroatoms. The van der Waals surface area contributed by atoms with Crippen LogP contribution in [0.5, 0.6) is 0 Å². The molecule has 3 rings (SSSR count). The van der Waals surface area contributed by atoms with Crippen LogP contribution in [-0.4, -0.2) is 45.3 Å². The second-order valence-corrected chi connectivity index (χ2v) is 8.25. The monoisotopic (exact) mass is 379 g/mol. The maximum atomic E-state index is 12.1. The van der Waals surface area contributed by atoms with E-state index in [1.54, 1.807) is 11.0 Å². The van der Waals surface area contributed by atoms with Crippen LogP contribution in [0, 0.1) is 16.0 Å². The summed E-state index contributed by atoms with van der Waals surface area (Å²) in [5.41, 5.74) is 0.500. The molecule has 0 bridgehead atoms. The summed E-state index contributed by atoms with van der Waals surface area (Å²) in [5, 5.41) is 11.3. The molecule has 2 aromatic rings. The number of nitro benzene ring substituents is 1. The van der Waals surface area contributed by atoms with Crippen molar-refractivity contribution < 1.29 is 18.9 Å². The number of oxazole rings is 1. The molecule has 0 unspecified atom stereocenters. The fraction of sp³-hybridized carbons (Fsp3) is 0.529. The van der Waals surface area contributed by atoms with Gasteiger partial charge in [-0.1, -0.05) is 11.8 Å². The number of ether oxygens (including phenoxy) is 1. The fourth-order valence-corrected chi connectivity index (χ4v) is 3.68. The van der Waals surface area contributed by atoms with E-state index in [-0.39, 0.29) is 11.8 Å². The van der Waals surface area contributed by atoms with Crippen LogP contribution in [0.4, 0.5) is 10.5 Å². The maximum Gasteiger partial charge on any atom is 0.410 e. The largest absolute Gasteiger partial charge is 0.444 e. The van der Waals surface area contributed by atoms with Crippen LogP contribution in [0.15, 0.2) is 27.8 Å². The highest BCUT2D eigenvalue weighted by molar-refractivity contribution is 7.99. The van der Waals surface area contributed by atoms with Crippen molar-refractivity contribution in [1.82, 2.24) is 9.88 Å². The van der Waals surface area contributed by atoms with Crippen LogP contribution in [-0.2, 0) is 4.74 Å². The molecule has 1 amide bonds. The number of benzene rings is 1. The number of aromatic nitrogens is 1. The highest BCUT2D eigenvalue weighted by Gasteiger charge is 2.30. The van der Waals surface area contributed by atoms with Gasteiger partial charge >= 0.3 is 6.09 Å².